The van der Waals surface area contributed by atoms with Crippen LogP contribution in [0.15, 0.2) is 18.4 Å². The molecule has 4 aliphatic rings. The van der Waals surface area contributed by atoms with Crippen molar-refractivity contribution in [1.29, 1.82) is 0 Å². The lowest BCUT2D eigenvalue weighted by Gasteiger charge is -2.58. The highest BCUT2D eigenvalue weighted by atomic mass is 16.2. The highest BCUT2D eigenvalue weighted by Gasteiger charge is 2.62. The molecule has 3 heteroatoms. The summed E-state index contributed by atoms with van der Waals surface area (Å²) in [6.07, 6.45) is 8.54. The largest absolute Gasteiger partial charge is 0.299 e. The van der Waals surface area contributed by atoms with E-state index in [1.165, 1.54) is 0 Å². The van der Waals surface area contributed by atoms with E-state index in [9.17, 15) is 14.4 Å². The lowest BCUT2D eigenvalue weighted by atomic mass is 9.44. The Hall–Kier alpha value is -1.47. The second kappa shape index (κ2) is 5.26. The van der Waals surface area contributed by atoms with Crippen molar-refractivity contribution in [3.8, 4) is 0 Å². The number of carbonyl (C=O) groups is 3. The van der Waals surface area contributed by atoms with Crippen molar-refractivity contribution in [2.75, 3.05) is 0 Å². The van der Waals surface area contributed by atoms with Gasteiger partial charge >= 0.3 is 0 Å². The maximum atomic E-state index is 12.6. The van der Waals surface area contributed by atoms with E-state index in [1.807, 2.05) is 6.08 Å². The van der Waals surface area contributed by atoms with E-state index in [2.05, 4.69) is 19.2 Å². The zero-order chi connectivity index (χ0) is 17.1. The van der Waals surface area contributed by atoms with Crippen LogP contribution in [0.5, 0.6) is 0 Å². The van der Waals surface area contributed by atoms with Gasteiger partial charge in [-0.2, -0.15) is 0 Å². The van der Waals surface area contributed by atoms with Gasteiger partial charge in [0.2, 0.25) is 5.78 Å². The minimum Gasteiger partial charge on any atom is -0.299 e. The Morgan fingerprint density at radius 3 is 2.58 bits per heavy atom. The molecule has 0 radical (unpaired) electrons. The first-order chi connectivity index (χ1) is 11.4. The second-order valence-electron chi connectivity index (χ2n) is 8.67. The van der Waals surface area contributed by atoms with Crippen LogP contribution in [0.3, 0.4) is 0 Å². The molecule has 3 nitrogen and oxygen atoms in total. The van der Waals surface area contributed by atoms with Crippen LogP contribution >= 0.6 is 0 Å². The normalized spacial score (nSPS) is 47.5. The standard InChI is InChI=1S/C21H26O3/c1-3-10-21-12-9-17(22)19(24)16(21)5-4-13-14-6-7-18(23)20(14,2)11-8-15(13)21/h10,13-16H,1,4-9,11-12H2,2H3/t13-,14-,15-,16?,20-,21?/m0/s1. The van der Waals surface area contributed by atoms with Crippen LogP contribution in [0.2, 0.25) is 0 Å². The number of Topliss-reactive ketones (excluding diaryl/α,β-unsaturated/α-hetero) is 3. The van der Waals surface area contributed by atoms with Gasteiger partial charge in [0.15, 0.2) is 5.78 Å². The average molecular weight is 326 g/mol. The van der Waals surface area contributed by atoms with E-state index >= 15 is 0 Å². The summed E-state index contributed by atoms with van der Waals surface area (Å²) in [5.74, 6) is 1.24. The van der Waals surface area contributed by atoms with Gasteiger partial charge < -0.3 is 0 Å². The average Bonchev–Trinajstić information content (AvgIpc) is 2.87. The first-order valence-corrected chi connectivity index (χ1v) is 9.41. The van der Waals surface area contributed by atoms with E-state index in [0.29, 0.717) is 30.0 Å². The van der Waals surface area contributed by atoms with Gasteiger partial charge in [-0.3, -0.25) is 14.4 Å². The number of hydrogen-bond acceptors (Lipinski definition) is 3. The fraction of sp³-hybridized carbons (Fsp3) is 0.714. The van der Waals surface area contributed by atoms with E-state index in [1.54, 1.807) is 0 Å². The van der Waals surface area contributed by atoms with E-state index in [4.69, 9.17) is 0 Å². The molecule has 4 aliphatic carbocycles. The minimum absolute atomic E-state index is 0.151. The van der Waals surface area contributed by atoms with Gasteiger partial charge in [0.25, 0.3) is 0 Å². The summed E-state index contributed by atoms with van der Waals surface area (Å²) in [6, 6.07) is 0. The van der Waals surface area contributed by atoms with Crippen LogP contribution in [0, 0.1) is 34.5 Å². The molecule has 4 fully saturated rings. The van der Waals surface area contributed by atoms with Gasteiger partial charge in [0.1, 0.15) is 5.78 Å². The summed E-state index contributed by atoms with van der Waals surface area (Å²) < 4.78 is 0. The molecule has 0 saturated heterocycles. The topological polar surface area (TPSA) is 51.2 Å². The van der Waals surface area contributed by atoms with Gasteiger partial charge in [-0.15, -0.1) is 5.73 Å². The van der Waals surface area contributed by atoms with Gasteiger partial charge in [0.05, 0.1) is 0 Å². The SMILES string of the molecule is C=C=CC12CCC(=O)C(=O)C1CC[C@@H]1[C@@H]2CC[C@]2(C)C(=O)CC[C@@H]12. The number of rotatable bonds is 1. The smallest absolute Gasteiger partial charge is 0.202 e. The highest BCUT2D eigenvalue weighted by molar-refractivity contribution is 6.38. The number of allylic oxidation sites excluding steroid dienone is 1. The monoisotopic (exact) mass is 326 g/mol. The van der Waals surface area contributed by atoms with E-state index < -0.39 is 0 Å². The Balaban J connectivity index is 1.76. The third kappa shape index (κ3) is 1.88. The van der Waals surface area contributed by atoms with Crippen LogP contribution in [0.4, 0.5) is 0 Å². The van der Waals surface area contributed by atoms with E-state index in [0.717, 1.165) is 44.9 Å². The Kier molecular flexibility index (Phi) is 3.51. The molecule has 0 aliphatic heterocycles. The van der Waals surface area contributed by atoms with Crippen LogP contribution in [-0.4, -0.2) is 17.3 Å². The number of carbonyl (C=O) groups excluding carboxylic acids is 3. The van der Waals surface area contributed by atoms with Crippen LogP contribution < -0.4 is 0 Å². The minimum atomic E-state index is -0.247. The fourth-order valence-electron chi connectivity index (χ4n) is 6.87. The second-order valence-corrected chi connectivity index (χ2v) is 8.67. The molecule has 0 aromatic carbocycles. The van der Waals surface area contributed by atoms with Crippen molar-refractivity contribution in [2.24, 2.45) is 34.5 Å². The summed E-state index contributed by atoms with van der Waals surface area (Å²) in [6.45, 7) is 5.95. The first kappa shape index (κ1) is 16.0. The molecule has 0 heterocycles. The molecule has 0 N–H and O–H groups in total. The van der Waals surface area contributed by atoms with Gasteiger partial charge in [-0.25, -0.2) is 0 Å². The third-order valence-corrected chi connectivity index (χ3v) is 8.02. The molecule has 0 aromatic rings. The van der Waals surface area contributed by atoms with Crippen LogP contribution in [-0.2, 0) is 14.4 Å². The van der Waals surface area contributed by atoms with Gasteiger partial charge in [-0.1, -0.05) is 13.5 Å². The quantitative estimate of drug-likeness (QED) is 0.546. The molecule has 0 amide bonds. The molecule has 2 unspecified atom stereocenters. The van der Waals surface area contributed by atoms with Crippen molar-refractivity contribution in [3.05, 3.63) is 18.4 Å². The molecule has 4 rings (SSSR count). The maximum absolute atomic E-state index is 12.6. The highest BCUT2D eigenvalue weighted by Crippen LogP contribution is 2.65. The molecule has 0 bridgehead atoms. The Bertz CT molecular complexity index is 671. The van der Waals surface area contributed by atoms with Crippen molar-refractivity contribution in [1.82, 2.24) is 0 Å². The lowest BCUT2D eigenvalue weighted by molar-refractivity contribution is -0.155. The summed E-state index contributed by atoms with van der Waals surface area (Å²) in [4.78, 5) is 37.0. The molecular weight excluding hydrogens is 300 g/mol. The number of hydrogen-bond donors (Lipinski definition) is 0. The summed E-state index contributed by atoms with van der Waals surface area (Å²) in [5, 5.41) is 0. The number of fused-ring (bicyclic) bond motifs is 5. The summed E-state index contributed by atoms with van der Waals surface area (Å²) >= 11 is 0. The molecular formula is C21H26O3. The molecule has 128 valence electrons. The Morgan fingerprint density at radius 2 is 1.83 bits per heavy atom. The van der Waals surface area contributed by atoms with E-state index in [-0.39, 0.29) is 28.3 Å². The van der Waals surface area contributed by atoms with Crippen molar-refractivity contribution >= 4 is 17.3 Å². The predicted octanol–water partition coefficient (Wildman–Crippen LogP) is 3.67. The lowest BCUT2D eigenvalue weighted by Crippen LogP contribution is -2.56. The summed E-state index contributed by atoms with van der Waals surface area (Å²) in [5.41, 5.74) is 2.57. The third-order valence-electron chi connectivity index (χ3n) is 8.02. The molecule has 4 saturated carbocycles. The fourth-order valence-corrected chi connectivity index (χ4v) is 6.87. The van der Waals surface area contributed by atoms with Crippen molar-refractivity contribution < 1.29 is 14.4 Å². The summed E-state index contributed by atoms with van der Waals surface area (Å²) in [7, 11) is 0. The van der Waals surface area contributed by atoms with Crippen molar-refractivity contribution in [2.45, 2.75) is 58.3 Å². The molecule has 24 heavy (non-hydrogen) atoms. The molecule has 6 atom stereocenters. The Labute approximate surface area is 143 Å². The van der Waals surface area contributed by atoms with Gasteiger partial charge in [-0.05, 0) is 62.4 Å². The molecule has 0 aromatic heterocycles. The zero-order valence-corrected chi connectivity index (χ0v) is 14.5. The molecule has 0 spiro atoms. The zero-order valence-electron chi connectivity index (χ0n) is 14.5. The first-order valence-electron chi connectivity index (χ1n) is 9.41. The van der Waals surface area contributed by atoms with Crippen molar-refractivity contribution in [3.63, 3.8) is 0 Å². The van der Waals surface area contributed by atoms with Gasteiger partial charge in [0, 0.05) is 29.6 Å². The Morgan fingerprint density at radius 1 is 1.04 bits per heavy atom. The number of ketones is 3. The van der Waals surface area contributed by atoms with Crippen LogP contribution in [0.1, 0.15) is 58.3 Å². The maximum Gasteiger partial charge on any atom is 0.202 e. The predicted molar refractivity (Wildman–Crippen MR) is 90.2 cm³/mol. The van der Waals surface area contributed by atoms with Crippen LogP contribution in [0.25, 0.3) is 0 Å².